The molecule has 0 bridgehead atoms. The molecule has 1 unspecified atom stereocenters. The first-order valence-corrected chi connectivity index (χ1v) is 16.3. The minimum Gasteiger partial charge on any atom is -0.462 e. The van der Waals surface area contributed by atoms with Crippen molar-refractivity contribution in [3.63, 3.8) is 0 Å². The molecule has 0 aliphatic heterocycles. The Morgan fingerprint density at radius 1 is 0.787 bits per heavy atom. The van der Waals surface area contributed by atoms with E-state index in [0.717, 1.165) is 44.6 Å². The third kappa shape index (κ3) is 19.2. The van der Waals surface area contributed by atoms with Gasteiger partial charge in [0.15, 0.2) is 0 Å². The van der Waals surface area contributed by atoms with E-state index < -0.39 is 41.4 Å². The highest BCUT2D eigenvalue weighted by Gasteiger charge is 2.33. The molecule has 1 rings (SSSR count). The first-order chi connectivity index (χ1) is 22.5. The molecular weight excluding hydrogens is 607 g/mol. The maximum absolute atomic E-state index is 13.3. The average Bonchev–Trinajstić information content (AvgIpc) is 3.01. The van der Waals surface area contributed by atoms with Gasteiger partial charge in [-0.1, -0.05) is 93.7 Å². The highest BCUT2D eigenvalue weighted by atomic mass is 19.4. The van der Waals surface area contributed by atoms with Crippen molar-refractivity contribution in [2.45, 2.75) is 97.7 Å². The first-order valence-electron chi connectivity index (χ1n) is 16.3. The highest BCUT2D eigenvalue weighted by molar-refractivity contribution is 5.94. The lowest BCUT2D eigenvalue weighted by Gasteiger charge is -2.20. The number of allylic oxidation sites excluding steroid dienone is 12. The Kier molecular flexibility index (Phi) is 21.0. The van der Waals surface area contributed by atoms with Crippen molar-refractivity contribution in [2.75, 3.05) is 6.61 Å². The summed E-state index contributed by atoms with van der Waals surface area (Å²) in [6.45, 7) is 7.31. The molecule has 0 heterocycles. The molecule has 6 nitrogen and oxygen atoms in total. The molecule has 1 N–H and O–H groups in total. The minimum absolute atomic E-state index is 0.0178. The van der Waals surface area contributed by atoms with Gasteiger partial charge in [-0.3, -0.25) is 4.79 Å². The van der Waals surface area contributed by atoms with Gasteiger partial charge in [0.05, 0.1) is 12.2 Å². The molecule has 0 aliphatic carbocycles. The van der Waals surface area contributed by atoms with Crippen LogP contribution in [-0.4, -0.2) is 30.5 Å². The molecule has 47 heavy (non-hydrogen) atoms. The Bertz CT molecular complexity index is 1270. The van der Waals surface area contributed by atoms with Crippen LogP contribution in [0.4, 0.5) is 13.2 Å². The van der Waals surface area contributed by atoms with Gasteiger partial charge in [-0.25, -0.2) is 9.59 Å². The van der Waals surface area contributed by atoms with E-state index in [-0.39, 0.29) is 30.9 Å². The van der Waals surface area contributed by atoms with Crippen molar-refractivity contribution < 1.29 is 37.0 Å². The van der Waals surface area contributed by atoms with Crippen LogP contribution in [0.5, 0.6) is 5.75 Å². The second-order valence-electron chi connectivity index (χ2n) is 11.1. The van der Waals surface area contributed by atoms with Crippen molar-refractivity contribution in [1.82, 2.24) is 5.32 Å². The van der Waals surface area contributed by atoms with Crippen LogP contribution >= 0.6 is 0 Å². The lowest BCUT2D eigenvalue weighted by Crippen LogP contribution is -2.44. The van der Waals surface area contributed by atoms with E-state index in [1.165, 1.54) is 0 Å². The normalized spacial score (nSPS) is 13.3. The summed E-state index contributed by atoms with van der Waals surface area (Å²) >= 11 is 0. The molecule has 1 aromatic rings. The first kappa shape index (κ1) is 40.9. The maximum Gasteiger partial charge on any atom is 0.416 e. The van der Waals surface area contributed by atoms with Gasteiger partial charge in [-0.05, 0) is 82.4 Å². The van der Waals surface area contributed by atoms with Gasteiger partial charge in [0, 0.05) is 6.42 Å². The van der Waals surface area contributed by atoms with Crippen molar-refractivity contribution in [3.8, 4) is 5.75 Å². The number of benzene rings is 1. The molecule has 1 amide bonds. The summed E-state index contributed by atoms with van der Waals surface area (Å²) in [6, 6.07) is 1.09. The zero-order chi connectivity index (χ0) is 34.9. The summed E-state index contributed by atoms with van der Waals surface area (Å²) < 4.78 is 50.1. The number of hydrogen-bond acceptors (Lipinski definition) is 5. The van der Waals surface area contributed by atoms with E-state index in [1.807, 2.05) is 32.1 Å². The maximum atomic E-state index is 13.3. The zero-order valence-electron chi connectivity index (χ0n) is 28.1. The number of amides is 1. The summed E-state index contributed by atoms with van der Waals surface area (Å²) in [7, 11) is 0. The molecule has 258 valence electrons. The lowest BCUT2D eigenvalue weighted by molar-refractivity contribution is -0.141. The van der Waals surface area contributed by atoms with Crippen molar-refractivity contribution in [1.29, 1.82) is 0 Å². The second-order valence-corrected chi connectivity index (χ2v) is 11.1. The monoisotopic (exact) mass is 657 g/mol. The molecule has 0 fully saturated rings. The quantitative estimate of drug-likeness (QED) is 0.0809. The third-order valence-corrected chi connectivity index (χ3v) is 6.48. The van der Waals surface area contributed by atoms with Gasteiger partial charge in [-0.15, -0.1) is 0 Å². The molecular formula is C38H50F3NO5. The Morgan fingerprint density at radius 2 is 1.30 bits per heavy atom. The standard InChI is InChI=1S/C38H50F3NO5/c1-5-7-8-9-10-11-12-13-14-15-16-17-18-19-20-21-22-23-24-25-35(43)42-33(28-30(3)4)37(45)47-34-29-31(38(39,40)41)26-27-32(34)36(44)46-6-2/h7-8,10-11,13-14,16-17,19-20,22-23,26-27,29-30,33H,5-6,9,12,15,18,21,24-25,28H2,1-4H3,(H,42,43). The average molecular weight is 658 g/mol. The van der Waals surface area contributed by atoms with E-state index in [9.17, 15) is 27.6 Å². The largest absolute Gasteiger partial charge is 0.462 e. The number of carbonyl (C=O) groups is 3. The van der Waals surface area contributed by atoms with Gasteiger partial charge in [-0.2, -0.15) is 13.2 Å². The van der Waals surface area contributed by atoms with Crippen LogP contribution in [0.1, 0.15) is 101 Å². The number of rotatable bonds is 21. The molecule has 0 saturated carbocycles. The van der Waals surface area contributed by atoms with Crippen LogP contribution in [0.15, 0.2) is 91.1 Å². The molecule has 0 aliphatic rings. The van der Waals surface area contributed by atoms with Crippen LogP contribution in [-0.2, 0) is 20.5 Å². The molecule has 0 saturated heterocycles. The fraction of sp³-hybridized carbons (Fsp3) is 0.447. The number of ether oxygens (including phenoxy) is 2. The van der Waals surface area contributed by atoms with E-state index in [0.29, 0.717) is 18.6 Å². The highest BCUT2D eigenvalue weighted by Crippen LogP contribution is 2.33. The Hall–Kier alpha value is -4.14. The van der Waals surface area contributed by atoms with Gasteiger partial charge in [0.25, 0.3) is 0 Å². The summed E-state index contributed by atoms with van der Waals surface area (Å²) in [5, 5.41) is 2.63. The van der Waals surface area contributed by atoms with Crippen molar-refractivity contribution in [2.24, 2.45) is 5.92 Å². The van der Waals surface area contributed by atoms with Gasteiger partial charge in [0.1, 0.15) is 17.4 Å². The minimum atomic E-state index is -4.72. The molecule has 9 heteroatoms. The number of esters is 2. The molecule has 0 radical (unpaired) electrons. The van der Waals surface area contributed by atoms with Crippen LogP contribution in [0.25, 0.3) is 0 Å². The third-order valence-electron chi connectivity index (χ3n) is 6.48. The number of hydrogen-bond donors (Lipinski definition) is 1. The van der Waals surface area contributed by atoms with Crippen LogP contribution in [0.2, 0.25) is 0 Å². The van der Waals surface area contributed by atoms with E-state index in [1.54, 1.807) is 6.92 Å². The number of carbonyl (C=O) groups excluding carboxylic acids is 3. The summed E-state index contributed by atoms with van der Waals surface area (Å²) in [5.41, 5.74) is -1.41. The summed E-state index contributed by atoms with van der Waals surface area (Å²) in [5.74, 6) is -2.91. The second kappa shape index (κ2) is 24.1. The molecule has 0 aromatic heterocycles. The van der Waals surface area contributed by atoms with Gasteiger partial charge in [0.2, 0.25) is 5.91 Å². The molecule has 1 aromatic carbocycles. The SMILES string of the molecule is CCC=CCC=CCC=CCC=CCC=CCC=CCCC(=O)NC(CC(C)C)C(=O)Oc1cc(C(F)(F)F)ccc1C(=O)OCC. The Balaban J connectivity index is 2.54. The van der Waals surface area contributed by atoms with Crippen LogP contribution < -0.4 is 10.1 Å². The van der Waals surface area contributed by atoms with Crippen LogP contribution in [0, 0.1) is 5.92 Å². The predicted molar refractivity (Wildman–Crippen MR) is 182 cm³/mol. The Morgan fingerprint density at radius 3 is 1.77 bits per heavy atom. The van der Waals surface area contributed by atoms with E-state index in [4.69, 9.17) is 9.47 Å². The molecule has 1 atom stereocenters. The lowest BCUT2D eigenvalue weighted by atomic mass is 10.0. The predicted octanol–water partition coefficient (Wildman–Crippen LogP) is 9.80. The summed E-state index contributed by atoms with van der Waals surface area (Å²) in [4.78, 5) is 37.9. The summed E-state index contributed by atoms with van der Waals surface area (Å²) in [6.07, 6.45) is 26.6. The van der Waals surface area contributed by atoms with Gasteiger partial charge >= 0.3 is 18.1 Å². The number of alkyl halides is 3. The fourth-order valence-corrected chi connectivity index (χ4v) is 4.15. The zero-order valence-corrected chi connectivity index (χ0v) is 28.1. The molecule has 0 spiro atoms. The van der Waals surface area contributed by atoms with E-state index in [2.05, 4.69) is 66.9 Å². The topological polar surface area (TPSA) is 81.7 Å². The van der Waals surface area contributed by atoms with Crippen LogP contribution in [0.3, 0.4) is 0 Å². The van der Waals surface area contributed by atoms with Crippen molar-refractivity contribution in [3.05, 3.63) is 102 Å². The fourth-order valence-electron chi connectivity index (χ4n) is 4.15. The van der Waals surface area contributed by atoms with E-state index >= 15 is 0 Å². The number of nitrogens with one attached hydrogen (secondary N) is 1. The Labute approximate surface area is 278 Å². The van der Waals surface area contributed by atoms with Gasteiger partial charge < -0.3 is 14.8 Å². The van der Waals surface area contributed by atoms with Crippen molar-refractivity contribution >= 4 is 17.8 Å². The smallest absolute Gasteiger partial charge is 0.416 e. The number of halogens is 3.